The Morgan fingerprint density at radius 3 is 1.36 bits per heavy atom. The van der Waals surface area contributed by atoms with Crippen LogP contribution in [0.3, 0.4) is 0 Å². The molecule has 0 radical (unpaired) electrons. The fourth-order valence-electron chi connectivity index (χ4n) is 5.70. The Balaban J connectivity index is 0.000000248. The number of nitrogens with one attached hydrogen (secondary N) is 1. The van der Waals surface area contributed by atoms with E-state index < -0.39 is 5.54 Å². The molecule has 0 bridgehead atoms. The number of H-pyrrole nitrogens is 1. The van der Waals surface area contributed by atoms with Gasteiger partial charge in [-0.3, -0.25) is 0 Å². The largest absolute Gasteiger partial charge is 0.342 e. The highest BCUT2D eigenvalue weighted by molar-refractivity contribution is 5.60. The van der Waals surface area contributed by atoms with Crippen molar-refractivity contribution in [1.82, 2.24) is 19.5 Å². The Labute approximate surface area is 260 Å². The van der Waals surface area contributed by atoms with Crippen LogP contribution in [0.15, 0.2) is 164 Å². The molecule has 218 valence electrons. The van der Waals surface area contributed by atoms with Crippen LogP contribution in [-0.2, 0) is 5.54 Å². The van der Waals surface area contributed by atoms with Crippen LogP contribution >= 0.6 is 0 Å². The maximum Gasteiger partial charge on any atom is 0.121 e. The van der Waals surface area contributed by atoms with Crippen molar-refractivity contribution in [1.29, 1.82) is 0 Å². The third-order valence-corrected chi connectivity index (χ3v) is 7.68. The highest BCUT2D eigenvalue weighted by atomic mass is 15.1. The van der Waals surface area contributed by atoms with Crippen molar-refractivity contribution in [2.45, 2.75) is 26.8 Å². The lowest BCUT2D eigenvalue weighted by Crippen LogP contribution is -2.38. The van der Waals surface area contributed by atoms with Crippen LogP contribution < -0.4 is 0 Å². The van der Waals surface area contributed by atoms with Crippen LogP contribution in [0.25, 0.3) is 22.5 Å². The summed E-state index contributed by atoms with van der Waals surface area (Å²) in [6, 6.07) is 52.7. The second kappa shape index (κ2) is 13.7. The summed E-state index contributed by atoms with van der Waals surface area (Å²) in [6.45, 7) is 4.04. The van der Waals surface area contributed by atoms with Gasteiger partial charge in [-0.25, -0.2) is 9.97 Å². The fourth-order valence-corrected chi connectivity index (χ4v) is 5.70. The Morgan fingerprint density at radius 1 is 0.545 bits per heavy atom. The molecule has 0 saturated heterocycles. The molecule has 7 aromatic rings. The Bertz CT molecular complexity index is 1760. The van der Waals surface area contributed by atoms with Crippen LogP contribution in [0, 0.1) is 13.8 Å². The summed E-state index contributed by atoms with van der Waals surface area (Å²) in [5.41, 5.74) is 7.42. The maximum absolute atomic E-state index is 4.99. The van der Waals surface area contributed by atoms with Crippen molar-refractivity contribution >= 4 is 0 Å². The topological polar surface area (TPSA) is 46.5 Å². The molecular formula is C40H38N4. The van der Waals surface area contributed by atoms with Gasteiger partial charge in [-0.1, -0.05) is 159 Å². The molecule has 4 heteroatoms. The summed E-state index contributed by atoms with van der Waals surface area (Å²) in [5.74, 6) is 1.92. The molecule has 0 atom stereocenters. The molecule has 1 N–H and O–H groups in total. The average molecular weight is 575 g/mol. The van der Waals surface area contributed by atoms with Gasteiger partial charge in [-0.2, -0.15) is 0 Å². The summed E-state index contributed by atoms with van der Waals surface area (Å²) in [7, 11) is 0. The monoisotopic (exact) mass is 574 g/mol. The molecule has 7 rings (SSSR count). The van der Waals surface area contributed by atoms with E-state index in [-0.39, 0.29) is 7.43 Å². The second-order valence-corrected chi connectivity index (χ2v) is 10.5. The summed E-state index contributed by atoms with van der Waals surface area (Å²) in [4.78, 5) is 12.3. The number of aromatic amines is 1. The van der Waals surface area contributed by atoms with Crippen molar-refractivity contribution < 1.29 is 0 Å². The van der Waals surface area contributed by atoms with Gasteiger partial charge in [0.2, 0.25) is 0 Å². The first-order chi connectivity index (χ1) is 21.2. The zero-order chi connectivity index (χ0) is 29.5. The van der Waals surface area contributed by atoms with Crippen LogP contribution in [-0.4, -0.2) is 19.5 Å². The molecule has 2 heterocycles. The molecule has 0 fully saturated rings. The van der Waals surface area contributed by atoms with Gasteiger partial charge in [-0.05, 0) is 36.1 Å². The van der Waals surface area contributed by atoms with Crippen molar-refractivity contribution in [3.63, 3.8) is 0 Å². The van der Waals surface area contributed by atoms with E-state index in [1.807, 2.05) is 37.4 Å². The lowest BCUT2D eigenvalue weighted by atomic mass is 9.76. The molecule has 0 aliphatic rings. The van der Waals surface area contributed by atoms with Crippen LogP contribution in [0.5, 0.6) is 0 Å². The Hall–Kier alpha value is -5.48. The number of aromatic nitrogens is 4. The van der Waals surface area contributed by atoms with Gasteiger partial charge in [0.25, 0.3) is 0 Å². The maximum atomic E-state index is 4.99. The number of hydrogen-bond donors (Lipinski definition) is 1. The van der Waals surface area contributed by atoms with Crippen molar-refractivity contribution in [2.75, 3.05) is 0 Å². The highest BCUT2D eigenvalue weighted by Gasteiger charge is 2.39. The van der Waals surface area contributed by atoms with E-state index in [1.54, 1.807) is 0 Å². The number of imidazole rings is 2. The smallest absolute Gasteiger partial charge is 0.121 e. The summed E-state index contributed by atoms with van der Waals surface area (Å²) >= 11 is 0. The Kier molecular flexibility index (Phi) is 9.31. The van der Waals surface area contributed by atoms with E-state index in [1.165, 1.54) is 22.3 Å². The second-order valence-electron chi connectivity index (χ2n) is 10.5. The molecule has 0 unspecified atom stereocenters. The average Bonchev–Trinajstić information content (AvgIpc) is 3.70. The summed E-state index contributed by atoms with van der Waals surface area (Å²) in [5, 5.41) is 0. The van der Waals surface area contributed by atoms with Crippen molar-refractivity contribution in [3.05, 3.63) is 192 Å². The fraction of sp³-hybridized carbons (Fsp3) is 0.100. The lowest BCUT2D eigenvalue weighted by molar-refractivity contribution is 0.502. The van der Waals surface area contributed by atoms with Gasteiger partial charge >= 0.3 is 0 Å². The first-order valence-corrected chi connectivity index (χ1v) is 14.5. The molecular weight excluding hydrogens is 536 g/mol. The third-order valence-electron chi connectivity index (χ3n) is 7.68. The van der Waals surface area contributed by atoms with Crippen LogP contribution in [0.1, 0.15) is 35.8 Å². The lowest BCUT2D eigenvalue weighted by Gasteiger charge is -2.38. The minimum Gasteiger partial charge on any atom is -0.342 e. The molecule has 5 aromatic carbocycles. The van der Waals surface area contributed by atoms with Gasteiger partial charge in [0.15, 0.2) is 0 Å². The van der Waals surface area contributed by atoms with Gasteiger partial charge < -0.3 is 9.55 Å². The first kappa shape index (κ1) is 30.0. The van der Waals surface area contributed by atoms with Crippen LogP contribution in [0.4, 0.5) is 0 Å². The molecule has 2 aromatic heterocycles. The van der Waals surface area contributed by atoms with Crippen LogP contribution in [0.2, 0.25) is 0 Å². The van der Waals surface area contributed by atoms with Gasteiger partial charge in [0.1, 0.15) is 17.2 Å². The number of hydrogen-bond acceptors (Lipinski definition) is 2. The van der Waals surface area contributed by atoms with E-state index in [9.17, 15) is 0 Å². The number of aryl methyl sites for hydroxylation is 2. The van der Waals surface area contributed by atoms with Crippen molar-refractivity contribution in [2.24, 2.45) is 0 Å². The number of benzene rings is 5. The Morgan fingerprint density at radius 2 is 0.955 bits per heavy atom. The molecule has 0 spiro atoms. The summed E-state index contributed by atoms with van der Waals surface area (Å²) in [6.07, 6.45) is 4.04. The standard InChI is InChI=1S/C29H24N2.C10H10N2.CH4/c1-23-30-28(24-14-6-2-7-15-24)22-31(23)29(25-16-8-3-9-17-25,26-18-10-4-11-19-26)27-20-12-5-13-21-27;1-8-11-7-10(12-8)9-5-3-2-4-6-9;/h2-22H,1H3;2-7H,1H3,(H,11,12);1H4. The third kappa shape index (κ3) is 6.02. The molecule has 0 saturated carbocycles. The molecule has 0 aliphatic heterocycles. The van der Waals surface area contributed by atoms with E-state index in [2.05, 4.69) is 155 Å². The predicted octanol–water partition coefficient (Wildman–Crippen LogP) is 9.72. The molecule has 44 heavy (non-hydrogen) atoms. The van der Waals surface area contributed by atoms with Gasteiger partial charge in [-0.15, -0.1) is 0 Å². The van der Waals surface area contributed by atoms with E-state index >= 15 is 0 Å². The van der Waals surface area contributed by atoms with Crippen molar-refractivity contribution in [3.8, 4) is 22.5 Å². The zero-order valence-corrected chi connectivity index (χ0v) is 24.4. The van der Waals surface area contributed by atoms with E-state index in [0.717, 1.165) is 28.6 Å². The number of rotatable bonds is 6. The predicted molar refractivity (Wildman–Crippen MR) is 182 cm³/mol. The van der Waals surface area contributed by atoms with Gasteiger partial charge in [0.05, 0.1) is 17.6 Å². The SMILES string of the molecule is C.Cc1nc(-c2ccccc2)cn1C(c1ccccc1)(c1ccccc1)c1ccccc1.Cc1ncc(-c2ccccc2)[nH]1. The normalized spacial score (nSPS) is 10.8. The molecule has 0 aliphatic carbocycles. The zero-order valence-electron chi connectivity index (χ0n) is 24.4. The van der Waals surface area contributed by atoms with E-state index in [4.69, 9.17) is 4.98 Å². The molecule has 0 amide bonds. The van der Waals surface area contributed by atoms with Gasteiger partial charge in [0, 0.05) is 11.8 Å². The molecule has 4 nitrogen and oxygen atoms in total. The highest BCUT2D eigenvalue weighted by Crippen LogP contribution is 2.42. The quantitative estimate of drug-likeness (QED) is 0.201. The summed E-state index contributed by atoms with van der Waals surface area (Å²) < 4.78 is 2.33. The minimum absolute atomic E-state index is 0. The first-order valence-electron chi connectivity index (χ1n) is 14.5. The minimum atomic E-state index is -0.534. The van der Waals surface area contributed by atoms with E-state index in [0.29, 0.717) is 0 Å². The number of nitrogens with zero attached hydrogens (tertiary/aromatic N) is 3.